The normalized spacial score (nSPS) is 25.1. The lowest BCUT2D eigenvalue weighted by Gasteiger charge is -2.09. The highest BCUT2D eigenvalue weighted by Gasteiger charge is 2.43. The molecule has 16 heavy (non-hydrogen) atoms. The van der Waals surface area contributed by atoms with E-state index in [-0.39, 0.29) is 17.9 Å². The molecule has 0 amide bonds. The summed E-state index contributed by atoms with van der Waals surface area (Å²) in [6.07, 6.45) is 1.56. The fourth-order valence-electron chi connectivity index (χ4n) is 1.72. The van der Waals surface area contributed by atoms with Crippen LogP contribution in [0.15, 0.2) is 4.52 Å². The summed E-state index contributed by atoms with van der Waals surface area (Å²) in [5.41, 5.74) is 0. The zero-order valence-corrected chi connectivity index (χ0v) is 9.51. The molecule has 1 aromatic heterocycles. The standard InChI is InChI=1S/C11H15N3O2/c1-3-9(15-4-2)10-13-11(16-14-10)8-5-7(8)6-12/h7-9H,3-5H2,1-2H3. The second kappa shape index (κ2) is 4.62. The lowest BCUT2D eigenvalue weighted by Crippen LogP contribution is -2.04. The van der Waals surface area contributed by atoms with Crippen molar-refractivity contribution >= 4 is 0 Å². The molecule has 86 valence electrons. The van der Waals surface area contributed by atoms with Crippen LogP contribution in [0.1, 0.15) is 50.4 Å². The van der Waals surface area contributed by atoms with Crippen molar-refractivity contribution in [2.24, 2.45) is 5.92 Å². The van der Waals surface area contributed by atoms with Gasteiger partial charge in [0.2, 0.25) is 11.7 Å². The van der Waals surface area contributed by atoms with E-state index >= 15 is 0 Å². The van der Waals surface area contributed by atoms with Gasteiger partial charge in [0.25, 0.3) is 0 Å². The van der Waals surface area contributed by atoms with E-state index in [0.717, 1.165) is 12.8 Å². The molecular formula is C11H15N3O2. The van der Waals surface area contributed by atoms with Gasteiger partial charge < -0.3 is 9.26 Å². The minimum Gasteiger partial charge on any atom is -0.370 e. The third-order valence-electron chi connectivity index (χ3n) is 2.76. The van der Waals surface area contributed by atoms with Crippen LogP contribution in [0.4, 0.5) is 0 Å². The maximum atomic E-state index is 8.72. The van der Waals surface area contributed by atoms with Gasteiger partial charge in [-0.3, -0.25) is 0 Å². The van der Waals surface area contributed by atoms with Gasteiger partial charge in [-0.15, -0.1) is 0 Å². The molecule has 0 N–H and O–H groups in total. The van der Waals surface area contributed by atoms with Crippen molar-refractivity contribution in [3.63, 3.8) is 0 Å². The summed E-state index contributed by atoms with van der Waals surface area (Å²) >= 11 is 0. The molecule has 1 heterocycles. The van der Waals surface area contributed by atoms with Crippen LogP contribution in [-0.4, -0.2) is 16.7 Å². The number of nitrogens with zero attached hydrogens (tertiary/aromatic N) is 3. The number of aromatic nitrogens is 2. The van der Waals surface area contributed by atoms with E-state index in [9.17, 15) is 0 Å². The summed E-state index contributed by atoms with van der Waals surface area (Å²) in [6, 6.07) is 2.21. The molecule has 1 fully saturated rings. The Balaban J connectivity index is 2.05. The fourth-order valence-corrected chi connectivity index (χ4v) is 1.72. The van der Waals surface area contributed by atoms with Gasteiger partial charge in [-0.05, 0) is 19.8 Å². The fraction of sp³-hybridized carbons (Fsp3) is 0.727. The van der Waals surface area contributed by atoms with Crippen LogP contribution in [-0.2, 0) is 4.74 Å². The highest BCUT2D eigenvalue weighted by Crippen LogP contribution is 2.46. The molecule has 1 saturated carbocycles. The first kappa shape index (κ1) is 11.1. The second-order valence-electron chi connectivity index (χ2n) is 3.92. The Morgan fingerprint density at radius 1 is 1.62 bits per heavy atom. The molecule has 0 saturated heterocycles. The summed E-state index contributed by atoms with van der Waals surface area (Å²) in [4.78, 5) is 4.31. The Kier molecular flexibility index (Phi) is 3.20. The van der Waals surface area contributed by atoms with Crippen LogP contribution in [0.25, 0.3) is 0 Å². The monoisotopic (exact) mass is 221 g/mol. The van der Waals surface area contributed by atoms with Gasteiger partial charge in [-0.25, -0.2) is 0 Å². The molecule has 0 radical (unpaired) electrons. The van der Waals surface area contributed by atoms with Crippen LogP contribution in [0, 0.1) is 17.2 Å². The van der Waals surface area contributed by atoms with Crippen molar-refractivity contribution in [3.05, 3.63) is 11.7 Å². The quantitative estimate of drug-likeness (QED) is 0.762. The van der Waals surface area contributed by atoms with E-state index in [2.05, 4.69) is 16.2 Å². The van der Waals surface area contributed by atoms with Crippen LogP contribution in [0.2, 0.25) is 0 Å². The molecule has 1 aromatic rings. The highest BCUT2D eigenvalue weighted by atomic mass is 16.5. The van der Waals surface area contributed by atoms with Crippen molar-refractivity contribution < 1.29 is 9.26 Å². The van der Waals surface area contributed by atoms with E-state index in [1.165, 1.54) is 0 Å². The molecular weight excluding hydrogens is 206 g/mol. The van der Waals surface area contributed by atoms with Crippen LogP contribution in [0.5, 0.6) is 0 Å². The Morgan fingerprint density at radius 3 is 3.00 bits per heavy atom. The first-order valence-corrected chi connectivity index (χ1v) is 5.64. The number of ether oxygens (including phenoxy) is 1. The van der Waals surface area contributed by atoms with Gasteiger partial charge in [-0.2, -0.15) is 10.2 Å². The van der Waals surface area contributed by atoms with Crippen LogP contribution >= 0.6 is 0 Å². The zero-order valence-electron chi connectivity index (χ0n) is 9.51. The maximum absolute atomic E-state index is 8.72. The van der Waals surface area contributed by atoms with E-state index in [1.807, 2.05) is 13.8 Å². The SMILES string of the molecule is CCOC(CC)c1noc(C2CC2C#N)n1. The van der Waals surface area contributed by atoms with Crippen LogP contribution in [0.3, 0.4) is 0 Å². The highest BCUT2D eigenvalue weighted by molar-refractivity contribution is 5.15. The van der Waals surface area contributed by atoms with Crippen molar-refractivity contribution in [3.8, 4) is 6.07 Å². The molecule has 0 spiro atoms. The predicted molar refractivity (Wildman–Crippen MR) is 55.4 cm³/mol. The minimum atomic E-state index is -0.0956. The van der Waals surface area contributed by atoms with Crippen molar-refractivity contribution in [2.45, 2.75) is 38.7 Å². The molecule has 2 rings (SSSR count). The van der Waals surface area contributed by atoms with Crippen LogP contribution < -0.4 is 0 Å². The molecule has 3 unspecified atom stereocenters. The van der Waals surface area contributed by atoms with Gasteiger partial charge in [0.05, 0.1) is 17.9 Å². The van der Waals surface area contributed by atoms with Gasteiger partial charge in [0.15, 0.2) is 0 Å². The molecule has 0 aromatic carbocycles. The average molecular weight is 221 g/mol. The van der Waals surface area contributed by atoms with E-state index in [1.54, 1.807) is 0 Å². The Morgan fingerprint density at radius 2 is 2.44 bits per heavy atom. The second-order valence-corrected chi connectivity index (χ2v) is 3.92. The third-order valence-corrected chi connectivity index (χ3v) is 2.76. The van der Waals surface area contributed by atoms with Gasteiger partial charge in [-0.1, -0.05) is 12.1 Å². The summed E-state index contributed by atoms with van der Waals surface area (Å²) in [5, 5.41) is 12.6. The van der Waals surface area contributed by atoms with Gasteiger partial charge in [0, 0.05) is 6.61 Å². The zero-order chi connectivity index (χ0) is 11.5. The number of rotatable bonds is 5. The first-order chi connectivity index (χ1) is 7.80. The smallest absolute Gasteiger partial charge is 0.231 e. The largest absolute Gasteiger partial charge is 0.370 e. The number of hydrogen-bond acceptors (Lipinski definition) is 5. The van der Waals surface area contributed by atoms with Crippen molar-refractivity contribution in [2.75, 3.05) is 6.61 Å². The maximum Gasteiger partial charge on any atom is 0.231 e. The molecule has 5 nitrogen and oxygen atoms in total. The van der Waals surface area contributed by atoms with E-state index in [0.29, 0.717) is 18.3 Å². The Labute approximate surface area is 94.4 Å². The number of hydrogen-bond donors (Lipinski definition) is 0. The molecule has 5 heteroatoms. The lowest BCUT2D eigenvalue weighted by atomic mass is 10.2. The van der Waals surface area contributed by atoms with E-state index < -0.39 is 0 Å². The molecule has 1 aliphatic rings. The van der Waals surface area contributed by atoms with E-state index in [4.69, 9.17) is 14.5 Å². The molecule has 0 aliphatic heterocycles. The molecule has 3 atom stereocenters. The van der Waals surface area contributed by atoms with Crippen molar-refractivity contribution in [1.82, 2.24) is 10.1 Å². The van der Waals surface area contributed by atoms with Crippen molar-refractivity contribution in [1.29, 1.82) is 5.26 Å². The summed E-state index contributed by atoms with van der Waals surface area (Å²) < 4.78 is 10.7. The summed E-state index contributed by atoms with van der Waals surface area (Å²) in [6.45, 7) is 4.59. The summed E-state index contributed by atoms with van der Waals surface area (Å²) in [5.74, 6) is 1.38. The predicted octanol–water partition coefficient (Wildman–Crippen LogP) is 2.18. The lowest BCUT2D eigenvalue weighted by molar-refractivity contribution is 0.0518. The van der Waals surface area contributed by atoms with Gasteiger partial charge in [0.1, 0.15) is 6.10 Å². The average Bonchev–Trinajstić information content (AvgIpc) is 2.95. The topological polar surface area (TPSA) is 71.9 Å². The Bertz CT molecular complexity index is 396. The third kappa shape index (κ3) is 2.07. The number of nitriles is 1. The van der Waals surface area contributed by atoms with Gasteiger partial charge >= 0.3 is 0 Å². The Hall–Kier alpha value is -1.41. The molecule has 1 aliphatic carbocycles. The summed E-state index contributed by atoms with van der Waals surface area (Å²) in [7, 11) is 0. The molecule has 0 bridgehead atoms. The first-order valence-electron chi connectivity index (χ1n) is 5.64. The minimum absolute atomic E-state index is 0.0560.